The second kappa shape index (κ2) is 6.81. The highest BCUT2D eigenvalue weighted by atomic mass is 19.1. The Morgan fingerprint density at radius 1 is 1.50 bits per heavy atom. The number of benzene rings is 1. The second-order valence-corrected chi connectivity index (χ2v) is 5.26. The van der Waals surface area contributed by atoms with E-state index in [1.165, 1.54) is 12.1 Å². The minimum Gasteiger partial charge on any atom is -0.376 e. The van der Waals surface area contributed by atoms with Crippen LogP contribution in [0.4, 0.5) is 4.39 Å². The number of nitrogens with zero attached hydrogens (tertiary/aromatic N) is 1. The zero-order valence-electron chi connectivity index (χ0n) is 11.9. The highest BCUT2D eigenvalue weighted by molar-refractivity contribution is 5.78. The van der Waals surface area contributed by atoms with Crippen LogP contribution in [0.15, 0.2) is 24.3 Å². The minimum absolute atomic E-state index is 0.0177. The van der Waals surface area contributed by atoms with E-state index in [1.54, 1.807) is 12.1 Å². The van der Waals surface area contributed by atoms with Gasteiger partial charge < -0.3 is 10.1 Å². The molecule has 2 rings (SSSR count). The molecule has 0 radical (unpaired) electrons. The van der Waals surface area contributed by atoms with E-state index in [1.807, 2.05) is 13.8 Å². The maximum Gasteiger partial charge on any atom is 0.234 e. The zero-order valence-corrected chi connectivity index (χ0v) is 11.9. The van der Waals surface area contributed by atoms with Crippen molar-refractivity contribution in [2.24, 2.45) is 0 Å². The molecule has 1 aliphatic heterocycles. The van der Waals surface area contributed by atoms with Crippen LogP contribution in [0.2, 0.25) is 0 Å². The number of halogens is 1. The van der Waals surface area contributed by atoms with Crippen molar-refractivity contribution in [3.05, 3.63) is 35.6 Å². The molecule has 0 unspecified atom stereocenters. The van der Waals surface area contributed by atoms with Crippen LogP contribution in [0, 0.1) is 5.82 Å². The lowest BCUT2D eigenvalue weighted by Crippen LogP contribution is -2.46. The summed E-state index contributed by atoms with van der Waals surface area (Å²) in [6.45, 7) is 6.50. The average molecular weight is 280 g/mol. The van der Waals surface area contributed by atoms with Gasteiger partial charge in [-0.05, 0) is 31.5 Å². The maximum absolute atomic E-state index is 12.9. The third-order valence-electron chi connectivity index (χ3n) is 3.44. The summed E-state index contributed by atoms with van der Waals surface area (Å²) in [5.74, 6) is -0.287. The van der Waals surface area contributed by atoms with Gasteiger partial charge in [-0.25, -0.2) is 4.39 Å². The van der Waals surface area contributed by atoms with Crippen LogP contribution in [0.25, 0.3) is 0 Å². The molecule has 0 saturated carbocycles. The SMILES string of the molecule is C[C@H](NC(=O)CN1CCO[C@@H](C)C1)c1ccc(F)cc1. The molecule has 20 heavy (non-hydrogen) atoms. The Bertz CT molecular complexity index is 450. The van der Waals surface area contributed by atoms with Gasteiger partial charge in [-0.3, -0.25) is 9.69 Å². The summed E-state index contributed by atoms with van der Waals surface area (Å²) in [6, 6.07) is 6.07. The smallest absolute Gasteiger partial charge is 0.234 e. The molecule has 1 heterocycles. The normalized spacial score (nSPS) is 21.4. The first-order valence-electron chi connectivity index (χ1n) is 6.93. The number of nitrogens with one attached hydrogen (secondary N) is 1. The first-order chi connectivity index (χ1) is 9.54. The summed E-state index contributed by atoms with van der Waals surface area (Å²) in [5, 5.41) is 2.93. The van der Waals surface area contributed by atoms with Crippen LogP contribution in [0.3, 0.4) is 0 Å². The maximum atomic E-state index is 12.9. The molecule has 4 nitrogen and oxygen atoms in total. The summed E-state index contributed by atoms with van der Waals surface area (Å²) in [7, 11) is 0. The first-order valence-corrected chi connectivity index (χ1v) is 6.93. The molecular weight excluding hydrogens is 259 g/mol. The van der Waals surface area contributed by atoms with Crippen molar-refractivity contribution < 1.29 is 13.9 Å². The monoisotopic (exact) mass is 280 g/mol. The molecule has 5 heteroatoms. The lowest BCUT2D eigenvalue weighted by Gasteiger charge is -2.30. The molecule has 2 atom stereocenters. The number of hydrogen-bond donors (Lipinski definition) is 1. The molecular formula is C15H21FN2O2. The first kappa shape index (κ1) is 14.9. The average Bonchev–Trinajstić information content (AvgIpc) is 2.39. The fourth-order valence-corrected chi connectivity index (χ4v) is 2.36. The molecule has 0 aliphatic carbocycles. The van der Waals surface area contributed by atoms with Crippen LogP contribution in [-0.4, -0.2) is 43.2 Å². The Morgan fingerprint density at radius 3 is 2.85 bits per heavy atom. The van der Waals surface area contributed by atoms with Gasteiger partial charge in [0.1, 0.15) is 5.82 Å². The molecule has 1 saturated heterocycles. The Morgan fingerprint density at radius 2 is 2.20 bits per heavy atom. The number of morpholine rings is 1. The zero-order chi connectivity index (χ0) is 14.5. The summed E-state index contributed by atoms with van der Waals surface area (Å²) in [5.41, 5.74) is 0.898. The Balaban J connectivity index is 1.83. The van der Waals surface area contributed by atoms with Crippen LogP contribution < -0.4 is 5.32 Å². The summed E-state index contributed by atoms with van der Waals surface area (Å²) in [6.07, 6.45) is 0.172. The Kier molecular flexibility index (Phi) is 5.09. The van der Waals surface area contributed by atoms with Gasteiger partial charge in [0.25, 0.3) is 0 Å². The van der Waals surface area contributed by atoms with E-state index in [4.69, 9.17) is 4.74 Å². The van der Waals surface area contributed by atoms with Crippen molar-refractivity contribution in [2.45, 2.75) is 26.0 Å². The van der Waals surface area contributed by atoms with Gasteiger partial charge in [0.05, 0.1) is 25.3 Å². The molecule has 1 aliphatic rings. The van der Waals surface area contributed by atoms with Crippen molar-refractivity contribution in [1.29, 1.82) is 0 Å². The van der Waals surface area contributed by atoms with E-state index >= 15 is 0 Å². The highest BCUT2D eigenvalue weighted by Crippen LogP contribution is 2.13. The van der Waals surface area contributed by atoms with Crippen LogP contribution in [0.1, 0.15) is 25.5 Å². The van der Waals surface area contributed by atoms with E-state index in [9.17, 15) is 9.18 Å². The van der Waals surface area contributed by atoms with Crippen molar-refractivity contribution in [1.82, 2.24) is 10.2 Å². The van der Waals surface area contributed by atoms with Gasteiger partial charge in [-0.15, -0.1) is 0 Å². The molecule has 110 valence electrons. The fraction of sp³-hybridized carbons (Fsp3) is 0.533. The van der Waals surface area contributed by atoms with E-state index in [2.05, 4.69) is 10.2 Å². The fourth-order valence-electron chi connectivity index (χ4n) is 2.36. The predicted molar refractivity (Wildman–Crippen MR) is 74.8 cm³/mol. The van der Waals surface area contributed by atoms with Gasteiger partial charge in [-0.2, -0.15) is 0 Å². The number of carbonyl (C=O) groups is 1. The topological polar surface area (TPSA) is 41.6 Å². The van der Waals surface area contributed by atoms with Gasteiger partial charge >= 0.3 is 0 Å². The van der Waals surface area contributed by atoms with E-state index in [0.717, 1.165) is 18.7 Å². The standard InChI is InChI=1S/C15H21FN2O2/c1-11-9-18(7-8-20-11)10-15(19)17-12(2)13-3-5-14(16)6-4-13/h3-6,11-12H,7-10H2,1-2H3,(H,17,19)/t11-,12-/m0/s1. The number of rotatable bonds is 4. The Labute approximate surface area is 118 Å². The summed E-state index contributed by atoms with van der Waals surface area (Å²) >= 11 is 0. The third kappa shape index (κ3) is 4.28. The Hall–Kier alpha value is -1.46. The van der Waals surface area contributed by atoms with Gasteiger partial charge in [0.15, 0.2) is 0 Å². The number of ether oxygens (including phenoxy) is 1. The van der Waals surface area contributed by atoms with Crippen molar-refractivity contribution in [2.75, 3.05) is 26.2 Å². The van der Waals surface area contributed by atoms with E-state index in [0.29, 0.717) is 13.2 Å². The lowest BCUT2D eigenvalue weighted by atomic mass is 10.1. The number of amides is 1. The number of carbonyl (C=O) groups excluding carboxylic acids is 1. The molecule has 1 N–H and O–H groups in total. The highest BCUT2D eigenvalue weighted by Gasteiger charge is 2.19. The largest absolute Gasteiger partial charge is 0.376 e. The minimum atomic E-state index is -0.269. The molecule has 0 bridgehead atoms. The summed E-state index contributed by atoms with van der Waals surface area (Å²) in [4.78, 5) is 14.1. The van der Waals surface area contributed by atoms with Crippen LogP contribution in [-0.2, 0) is 9.53 Å². The van der Waals surface area contributed by atoms with Crippen LogP contribution >= 0.6 is 0 Å². The third-order valence-corrected chi connectivity index (χ3v) is 3.44. The lowest BCUT2D eigenvalue weighted by molar-refractivity contribution is -0.124. The summed E-state index contributed by atoms with van der Waals surface area (Å²) < 4.78 is 18.3. The molecule has 1 aromatic rings. The van der Waals surface area contributed by atoms with E-state index < -0.39 is 0 Å². The molecule has 0 spiro atoms. The van der Waals surface area contributed by atoms with Crippen molar-refractivity contribution in [3.8, 4) is 0 Å². The molecule has 1 aromatic carbocycles. The molecule has 0 aromatic heterocycles. The van der Waals surface area contributed by atoms with Crippen molar-refractivity contribution in [3.63, 3.8) is 0 Å². The van der Waals surface area contributed by atoms with Crippen LogP contribution in [0.5, 0.6) is 0 Å². The quantitative estimate of drug-likeness (QED) is 0.913. The van der Waals surface area contributed by atoms with Gasteiger partial charge in [-0.1, -0.05) is 12.1 Å². The second-order valence-electron chi connectivity index (χ2n) is 5.26. The van der Waals surface area contributed by atoms with E-state index in [-0.39, 0.29) is 23.9 Å². The molecule has 1 fully saturated rings. The predicted octanol–water partition coefficient (Wildman–Crippen LogP) is 1.72. The van der Waals surface area contributed by atoms with Crippen molar-refractivity contribution >= 4 is 5.91 Å². The van der Waals surface area contributed by atoms with Gasteiger partial charge in [0.2, 0.25) is 5.91 Å². The number of hydrogen-bond acceptors (Lipinski definition) is 3. The van der Waals surface area contributed by atoms with Gasteiger partial charge in [0, 0.05) is 13.1 Å². The molecule has 1 amide bonds.